The van der Waals surface area contributed by atoms with Crippen LogP contribution in [0.5, 0.6) is 0 Å². The number of aromatic nitrogens is 4. The molecular weight excluding hydrogens is 655 g/mol. The molecule has 0 fully saturated rings. The van der Waals surface area contributed by atoms with E-state index in [9.17, 15) is 14.7 Å². The lowest BCUT2D eigenvalue weighted by molar-refractivity contribution is 0.0544. The minimum atomic E-state index is -0.363. The van der Waals surface area contributed by atoms with E-state index >= 15 is 0 Å². The zero-order chi connectivity index (χ0) is 35.9. The summed E-state index contributed by atoms with van der Waals surface area (Å²) in [5.41, 5.74) is 7.16. The second-order valence-electron chi connectivity index (χ2n) is 13.3. The highest BCUT2D eigenvalue weighted by Gasteiger charge is 2.32. The van der Waals surface area contributed by atoms with E-state index in [1.807, 2.05) is 73.6 Å². The van der Waals surface area contributed by atoms with Gasteiger partial charge < -0.3 is 19.9 Å². The third-order valence-corrected chi connectivity index (χ3v) is 10.5. The van der Waals surface area contributed by atoms with Crippen molar-refractivity contribution in [3.8, 4) is 16.9 Å². The van der Waals surface area contributed by atoms with E-state index in [4.69, 9.17) is 5.10 Å². The van der Waals surface area contributed by atoms with Gasteiger partial charge in [0.1, 0.15) is 0 Å². The van der Waals surface area contributed by atoms with Gasteiger partial charge in [0, 0.05) is 49.8 Å². The monoisotopic (exact) mass is 701 g/mol. The maximum atomic E-state index is 14.6. The van der Waals surface area contributed by atoms with Crippen molar-refractivity contribution in [1.29, 1.82) is 0 Å². The Balaban J connectivity index is 1.32. The number of unbranched alkanes of at least 4 members (excludes halogenated alkanes) is 2. The number of hydrogen-bond donors (Lipinski definition) is 2. The number of fused-ring (bicyclic) bond motifs is 1. The van der Waals surface area contributed by atoms with Crippen molar-refractivity contribution in [2.24, 2.45) is 7.05 Å². The average molecular weight is 702 g/mol. The Morgan fingerprint density at radius 3 is 2.33 bits per heavy atom. The minimum absolute atomic E-state index is 0.0897. The van der Waals surface area contributed by atoms with E-state index in [2.05, 4.69) is 54.3 Å². The fourth-order valence-corrected chi connectivity index (χ4v) is 7.33. The fraction of sp³-hybridized carbons (Fsp3) is 0.350. The number of aryl methyl sites for hydroxylation is 2. The van der Waals surface area contributed by atoms with Crippen LogP contribution in [0.15, 0.2) is 85.1 Å². The van der Waals surface area contributed by atoms with Crippen LogP contribution in [-0.4, -0.2) is 81.7 Å². The molecule has 2 N–H and O–H groups in total. The summed E-state index contributed by atoms with van der Waals surface area (Å²) in [6, 6.07) is 25.6. The molecule has 2 aromatic heterocycles. The van der Waals surface area contributed by atoms with Gasteiger partial charge in [-0.05, 0) is 72.8 Å². The first-order chi connectivity index (χ1) is 24.8. The van der Waals surface area contributed by atoms with Gasteiger partial charge in [-0.3, -0.25) is 14.3 Å². The standard InChI is InChI=1S/C40H47N7O3Si/c1-5-7-20-45(21-8-6-2)40(50)37-23-28(3)47(42-37)38-18-15-32(43-51-34-16-13-29(14-17-34)36-19-22-44(4)41-36)25-35(38)39(49)46-26-31-12-10-9-11-30(31)24-33(46)27-48/h9-19,22-23,25,33,43,48H,5-8,20-21,24,26-27H2,1-4H3/t33-/m0/s1. The number of hydrogen-bond acceptors (Lipinski definition) is 6. The topological polar surface area (TPSA) is 109 Å². The van der Waals surface area contributed by atoms with Crippen LogP contribution >= 0.6 is 0 Å². The number of amides is 2. The molecule has 10 nitrogen and oxygen atoms in total. The molecule has 0 bridgehead atoms. The fourth-order valence-electron chi connectivity index (χ4n) is 6.55. The number of aliphatic hydroxyl groups is 1. The van der Waals surface area contributed by atoms with Gasteiger partial charge in [0.2, 0.25) is 9.68 Å². The molecule has 0 unspecified atom stereocenters. The number of carbonyl (C=O) groups excluding carboxylic acids is 2. The lowest BCUT2D eigenvalue weighted by atomic mass is 9.93. The highest BCUT2D eigenvalue weighted by molar-refractivity contribution is 6.56. The molecule has 2 radical (unpaired) electrons. The molecule has 3 aromatic carbocycles. The lowest BCUT2D eigenvalue weighted by Gasteiger charge is -2.36. The predicted octanol–water partition coefficient (Wildman–Crippen LogP) is 5.54. The lowest BCUT2D eigenvalue weighted by Crippen LogP contribution is -2.46. The summed E-state index contributed by atoms with van der Waals surface area (Å²) in [7, 11) is 2.16. The first-order valence-corrected chi connectivity index (χ1v) is 18.9. The summed E-state index contributed by atoms with van der Waals surface area (Å²) in [5, 5.41) is 20.9. The molecule has 6 rings (SSSR count). The summed E-state index contributed by atoms with van der Waals surface area (Å²) in [4.78, 5) is 35.6. The molecule has 0 saturated heterocycles. The van der Waals surface area contributed by atoms with Crippen molar-refractivity contribution >= 4 is 32.4 Å². The largest absolute Gasteiger partial charge is 0.408 e. The van der Waals surface area contributed by atoms with Crippen molar-refractivity contribution < 1.29 is 14.7 Å². The summed E-state index contributed by atoms with van der Waals surface area (Å²) >= 11 is 0. The Morgan fingerprint density at radius 1 is 0.941 bits per heavy atom. The highest BCUT2D eigenvalue weighted by atomic mass is 28.2. The summed E-state index contributed by atoms with van der Waals surface area (Å²) < 4.78 is 3.51. The summed E-state index contributed by atoms with van der Waals surface area (Å²) in [5.74, 6) is -0.284. The second-order valence-corrected chi connectivity index (χ2v) is 14.3. The number of benzene rings is 3. The summed E-state index contributed by atoms with van der Waals surface area (Å²) in [6.07, 6.45) is 6.38. The Bertz CT molecular complexity index is 1960. The Kier molecular flexibility index (Phi) is 11.5. The van der Waals surface area contributed by atoms with Crippen molar-refractivity contribution in [1.82, 2.24) is 29.4 Å². The Morgan fingerprint density at radius 2 is 1.67 bits per heavy atom. The average Bonchev–Trinajstić information content (AvgIpc) is 3.78. The summed E-state index contributed by atoms with van der Waals surface area (Å²) in [6.45, 7) is 7.80. The normalized spacial score (nSPS) is 14.0. The molecule has 3 heterocycles. The van der Waals surface area contributed by atoms with Crippen molar-refractivity contribution in [3.63, 3.8) is 0 Å². The van der Waals surface area contributed by atoms with Crippen molar-refractivity contribution in [2.45, 2.75) is 65.5 Å². The number of nitrogens with zero attached hydrogens (tertiary/aromatic N) is 6. The maximum absolute atomic E-state index is 14.6. The molecule has 0 saturated carbocycles. The number of nitrogens with one attached hydrogen (secondary N) is 1. The minimum Gasteiger partial charge on any atom is -0.408 e. The van der Waals surface area contributed by atoms with Gasteiger partial charge in [0.05, 0.1) is 29.6 Å². The molecule has 0 aliphatic carbocycles. The van der Waals surface area contributed by atoms with Gasteiger partial charge >= 0.3 is 0 Å². The van der Waals surface area contributed by atoms with Gasteiger partial charge in [0.25, 0.3) is 11.8 Å². The molecule has 2 amide bonds. The number of carbonyl (C=O) groups is 2. The van der Waals surface area contributed by atoms with E-state index in [0.717, 1.165) is 64.6 Å². The van der Waals surface area contributed by atoms with Crippen LogP contribution in [0, 0.1) is 6.92 Å². The SMILES string of the molecule is CCCCN(CCCC)C(=O)c1cc(C)n(-c2ccc(N[Si]c3ccc(-c4ccn(C)n4)cc3)cc2C(=O)N2Cc3ccccc3C[C@H]2CO)n1. The number of rotatable bonds is 14. The van der Waals surface area contributed by atoms with Crippen LogP contribution in [0.1, 0.15) is 77.2 Å². The van der Waals surface area contributed by atoms with Gasteiger partial charge in [-0.25, -0.2) is 4.68 Å². The van der Waals surface area contributed by atoms with Gasteiger partial charge in [-0.1, -0.05) is 75.2 Å². The van der Waals surface area contributed by atoms with Crippen LogP contribution in [0.3, 0.4) is 0 Å². The molecule has 1 atom stereocenters. The molecule has 51 heavy (non-hydrogen) atoms. The van der Waals surface area contributed by atoms with Crippen LogP contribution in [0.4, 0.5) is 5.69 Å². The molecule has 1 aliphatic rings. The van der Waals surface area contributed by atoms with Crippen LogP contribution < -0.4 is 10.2 Å². The van der Waals surface area contributed by atoms with Gasteiger partial charge in [-0.2, -0.15) is 10.2 Å². The van der Waals surface area contributed by atoms with Crippen LogP contribution in [-0.2, 0) is 20.0 Å². The quantitative estimate of drug-likeness (QED) is 0.147. The zero-order valence-corrected chi connectivity index (χ0v) is 31.0. The Labute approximate surface area is 303 Å². The van der Waals surface area contributed by atoms with E-state index in [0.29, 0.717) is 43.0 Å². The van der Waals surface area contributed by atoms with Crippen LogP contribution in [0.2, 0.25) is 0 Å². The van der Waals surface area contributed by atoms with Gasteiger partial charge in [-0.15, -0.1) is 0 Å². The smallest absolute Gasteiger partial charge is 0.274 e. The molecule has 0 spiro atoms. The third kappa shape index (κ3) is 8.16. The van der Waals surface area contributed by atoms with E-state index < -0.39 is 0 Å². The first kappa shape index (κ1) is 35.8. The Hall–Kier alpha value is -5.00. The second kappa shape index (κ2) is 16.3. The molecule has 1 aliphatic heterocycles. The molecule has 11 heteroatoms. The maximum Gasteiger partial charge on any atom is 0.274 e. The first-order valence-electron chi connectivity index (χ1n) is 17.9. The number of anilines is 1. The zero-order valence-electron chi connectivity index (χ0n) is 30.0. The molecular formula is C40H47N7O3Si. The van der Waals surface area contributed by atoms with Gasteiger partial charge in [0.15, 0.2) is 5.69 Å². The molecule has 264 valence electrons. The van der Waals surface area contributed by atoms with Crippen molar-refractivity contribution in [3.05, 3.63) is 113 Å². The predicted molar refractivity (Wildman–Crippen MR) is 203 cm³/mol. The third-order valence-electron chi connectivity index (χ3n) is 9.48. The number of aliphatic hydroxyl groups excluding tert-OH is 1. The van der Waals surface area contributed by atoms with Crippen LogP contribution in [0.25, 0.3) is 16.9 Å². The van der Waals surface area contributed by atoms with E-state index in [1.165, 1.54) is 0 Å². The van der Waals surface area contributed by atoms with E-state index in [-0.39, 0.29) is 34.1 Å². The van der Waals surface area contributed by atoms with E-state index in [1.54, 1.807) is 14.3 Å². The molecule has 5 aromatic rings. The highest BCUT2D eigenvalue weighted by Crippen LogP contribution is 2.29. The van der Waals surface area contributed by atoms with Crippen molar-refractivity contribution in [2.75, 3.05) is 24.7 Å².